The van der Waals surface area contributed by atoms with Gasteiger partial charge in [-0.15, -0.1) is 0 Å². The Bertz CT molecular complexity index is 1610. The Kier molecular flexibility index (Phi) is 8.51. The number of rotatable bonds is 9. The lowest BCUT2D eigenvalue weighted by molar-refractivity contribution is 0.0210. The molecule has 2 aromatic carbocycles. The SMILES string of the molecule is COCCC1C[C@@H](NC(=O)Nc2c(C)c(-c3cnc(N4CC(O)C4)nc3)nn2-c2ccccc2)[C@H](c2ccc(F)c(F)c2)O1. The molecule has 11 nitrogen and oxygen atoms in total. The summed E-state index contributed by atoms with van der Waals surface area (Å²) in [5, 5.41) is 20.3. The number of nitrogens with zero attached hydrogens (tertiary/aromatic N) is 5. The smallest absolute Gasteiger partial charge is 0.320 e. The van der Waals surface area contributed by atoms with Crippen molar-refractivity contribution < 1.29 is 28.2 Å². The molecular formula is C31H33F2N7O4. The average Bonchev–Trinajstić information content (AvgIpc) is 3.56. The van der Waals surface area contributed by atoms with Gasteiger partial charge in [-0.3, -0.25) is 5.32 Å². The number of anilines is 2. The molecule has 0 radical (unpaired) electrons. The maximum absolute atomic E-state index is 14.1. The Morgan fingerprint density at radius 1 is 1.11 bits per heavy atom. The van der Waals surface area contributed by atoms with Gasteiger partial charge in [-0.1, -0.05) is 24.3 Å². The summed E-state index contributed by atoms with van der Waals surface area (Å²) in [5.41, 5.74) is 3.10. The molecule has 4 heterocycles. The second kappa shape index (κ2) is 12.6. The van der Waals surface area contributed by atoms with Crippen molar-refractivity contribution in [1.29, 1.82) is 0 Å². The van der Waals surface area contributed by atoms with Crippen LogP contribution in [0.15, 0.2) is 60.9 Å². The average molecular weight is 606 g/mol. The van der Waals surface area contributed by atoms with Crippen LogP contribution >= 0.6 is 0 Å². The van der Waals surface area contributed by atoms with Crippen LogP contribution in [-0.4, -0.2) is 75.9 Å². The number of β-amino-alcohol motifs (C(OH)–C–C–N with tert-alkyl or cyclic N) is 1. The standard InChI is InChI=1S/C31H33F2N7O4/c1-18-27(20-14-34-30(35-15-20)39-16-22(41)17-39)38-40(21-6-4-3-5-7-21)29(18)37-31(42)36-26-13-23(10-11-43-2)44-28(26)19-8-9-24(32)25(33)12-19/h3-9,12,14-15,22-23,26,28,41H,10-11,13,16-17H2,1-2H3,(H2,36,37,42)/t23?,26-,28+/m1/s1. The number of halogens is 2. The second-order valence-electron chi connectivity index (χ2n) is 11.0. The summed E-state index contributed by atoms with van der Waals surface area (Å²) in [6.07, 6.45) is 3.08. The number of urea groups is 1. The van der Waals surface area contributed by atoms with Gasteiger partial charge in [0.1, 0.15) is 17.6 Å². The summed E-state index contributed by atoms with van der Waals surface area (Å²) in [7, 11) is 1.59. The number of aliphatic hydroxyl groups excluding tert-OH is 1. The van der Waals surface area contributed by atoms with Gasteiger partial charge in [0.2, 0.25) is 5.95 Å². The number of para-hydroxylation sites is 1. The monoisotopic (exact) mass is 605 g/mol. The molecule has 6 rings (SSSR count). The zero-order chi connectivity index (χ0) is 30.8. The maximum atomic E-state index is 14.1. The fraction of sp³-hybridized carbons (Fsp3) is 0.355. The number of hydrogen-bond acceptors (Lipinski definition) is 8. The largest absolute Gasteiger partial charge is 0.389 e. The van der Waals surface area contributed by atoms with E-state index in [1.54, 1.807) is 24.2 Å². The van der Waals surface area contributed by atoms with E-state index >= 15 is 0 Å². The van der Waals surface area contributed by atoms with Crippen LogP contribution in [0.1, 0.15) is 30.1 Å². The van der Waals surface area contributed by atoms with Gasteiger partial charge in [0, 0.05) is 50.3 Å². The van der Waals surface area contributed by atoms with E-state index in [1.165, 1.54) is 6.07 Å². The van der Waals surface area contributed by atoms with Crippen molar-refractivity contribution in [1.82, 2.24) is 25.1 Å². The number of carbonyl (C=O) groups is 1. The lowest BCUT2D eigenvalue weighted by Gasteiger charge is -2.35. The minimum atomic E-state index is -0.982. The van der Waals surface area contributed by atoms with Crippen LogP contribution in [-0.2, 0) is 9.47 Å². The number of carbonyl (C=O) groups excluding carboxylic acids is 1. The fourth-order valence-electron chi connectivity index (χ4n) is 5.54. The predicted molar refractivity (Wildman–Crippen MR) is 159 cm³/mol. The number of aromatic nitrogens is 4. The van der Waals surface area contributed by atoms with Gasteiger partial charge < -0.3 is 24.8 Å². The zero-order valence-electron chi connectivity index (χ0n) is 24.3. The van der Waals surface area contributed by atoms with E-state index in [0.29, 0.717) is 66.7 Å². The molecule has 3 N–H and O–H groups in total. The van der Waals surface area contributed by atoms with Crippen LogP contribution < -0.4 is 15.5 Å². The topological polar surface area (TPSA) is 127 Å². The first-order valence-electron chi connectivity index (χ1n) is 14.4. The highest BCUT2D eigenvalue weighted by Crippen LogP contribution is 2.36. The molecule has 4 aromatic rings. The van der Waals surface area contributed by atoms with Crippen molar-refractivity contribution in [2.75, 3.05) is 37.0 Å². The quantitative estimate of drug-likeness (QED) is 0.260. The number of hydrogen-bond donors (Lipinski definition) is 3. The van der Waals surface area contributed by atoms with Gasteiger partial charge in [0.05, 0.1) is 23.9 Å². The molecule has 2 aromatic heterocycles. The number of benzene rings is 2. The first-order valence-corrected chi connectivity index (χ1v) is 14.4. The molecular weight excluding hydrogens is 572 g/mol. The number of amides is 2. The normalized spacial score (nSPS) is 20.0. The van der Waals surface area contributed by atoms with E-state index < -0.39 is 29.8 Å². The van der Waals surface area contributed by atoms with E-state index in [1.807, 2.05) is 42.2 Å². The molecule has 2 amide bonds. The molecule has 0 aliphatic carbocycles. The third-order valence-electron chi connectivity index (χ3n) is 7.87. The van der Waals surface area contributed by atoms with Crippen LogP contribution in [0, 0.1) is 18.6 Å². The fourth-order valence-corrected chi connectivity index (χ4v) is 5.54. The third kappa shape index (κ3) is 6.11. The van der Waals surface area contributed by atoms with Crippen LogP contribution in [0.5, 0.6) is 0 Å². The van der Waals surface area contributed by atoms with E-state index in [-0.39, 0.29) is 12.2 Å². The summed E-state index contributed by atoms with van der Waals surface area (Å²) in [6, 6.07) is 12.0. The lowest BCUT2D eigenvalue weighted by atomic mass is 10.0. The zero-order valence-corrected chi connectivity index (χ0v) is 24.3. The number of aliphatic hydroxyl groups is 1. The minimum absolute atomic E-state index is 0.246. The Morgan fingerprint density at radius 2 is 1.86 bits per heavy atom. The number of nitrogens with one attached hydrogen (secondary N) is 2. The molecule has 2 saturated heterocycles. The summed E-state index contributed by atoms with van der Waals surface area (Å²) in [4.78, 5) is 24.3. The summed E-state index contributed by atoms with van der Waals surface area (Å²) < 4.78 is 40.8. The van der Waals surface area contributed by atoms with Crippen molar-refractivity contribution in [2.24, 2.45) is 0 Å². The van der Waals surface area contributed by atoms with Crippen molar-refractivity contribution >= 4 is 17.8 Å². The summed E-state index contributed by atoms with van der Waals surface area (Å²) >= 11 is 0. The molecule has 1 unspecified atom stereocenters. The summed E-state index contributed by atoms with van der Waals surface area (Å²) in [5.74, 6) is -0.971. The Morgan fingerprint density at radius 3 is 2.55 bits per heavy atom. The van der Waals surface area contributed by atoms with E-state index in [4.69, 9.17) is 14.6 Å². The van der Waals surface area contributed by atoms with Crippen LogP contribution in [0.25, 0.3) is 16.9 Å². The molecule has 230 valence electrons. The van der Waals surface area contributed by atoms with Crippen LogP contribution in [0.4, 0.5) is 25.3 Å². The van der Waals surface area contributed by atoms with Gasteiger partial charge in [-0.2, -0.15) is 5.10 Å². The highest BCUT2D eigenvalue weighted by Gasteiger charge is 2.38. The number of ether oxygens (including phenoxy) is 2. The van der Waals surface area contributed by atoms with Gasteiger partial charge in [0.25, 0.3) is 0 Å². The van der Waals surface area contributed by atoms with Crippen molar-refractivity contribution in [2.45, 2.75) is 44.1 Å². The Labute approximate surface area is 252 Å². The maximum Gasteiger partial charge on any atom is 0.320 e. The van der Waals surface area contributed by atoms with E-state index in [0.717, 1.165) is 17.8 Å². The van der Waals surface area contributed by atoms with Crippen LogP contribution in [0.2, 0.25) is 0 Å². The highest BCUT2D eigenvalue weighted by atomic mass is 19.2. The Balaban J connectivity index is 1.26. The van der Waals surface area contributed by atoms with Gasteiger partial charge in [-0.25, -0.2) is 28.2 Å². The first-order chi connectivity index (χ1) is 21.3. The van der Waals surface area contributed by atoms with Crippen molar-refractivity contribution in [3.63, 3.8) is 0 Å². The molecule has 0 spiro atoms. The summed E-state index contributed by atoms with van der Waals surface area (Å²) in [6.45, 7) is 3.28. The molecule has 44 heavy (non-hydrogen) atoms. The van der Waals surface area contributed by atoms with Gasteiger partial charge in [0.15, 0.2) is 11.6 Å². The third-order valence-corrected chi connectivity index (χ3v) is 7.87. The lowest BCUT2D eigenvalue weighted by Crippen LogP contribution is -2.51. The molecule has 3 atom stereocenters. The van der Waals surface area contributed by atoms with E-state index in [2.05, 4.69) is 20.6 Å². The molecule has 0 bridgehead atoms. The first kappa shape index (κ1) is 29.6. The van der Waals surface area contributed by atoms with Gasteiger partial charge >= 0.3 is 6.03 Å². The Hall–Kier alpha value is -4.46. The van der Waals surface area contributed by atoms with Crippen molar-refractivity contribution in [3.05, 3.63) is 83.7 Å². The van der Waals surface area contributed by atoms with Gasteiger partial charge in [-0.05, 0) is 49.6 Å². The number of methoxy groups -OCH3 is 1. The molecule has 2 fully saturated rings. The van der Waals surface area contributed by atoms with E-state index in [9.17, 15) is 18.7 Å². The second-order valence-corrected chi connectivity index (χ2v) is 11.0. The van der Waals surface area contributed by atoms with Crippen molar-refractivity contribution in [3.8, 4) is 16.9 Å². The van der Waals surface area contributed by atoms with Crippen LogP contribution in [0.3, 0.4) is 0 Å². The molecule has 0 saturated carbocycles. The highest BCUT2D eigenvalue weighted by molar-refractivity contribution is 5.91. The molecule has 2 aliphatic rings. The minimum Gasteiger partial charge on any atom is -0.389 e. The molecule has 2 aliphatic heterocycles. The molecule has 13 heteroatoms. The predicted octanol–water partition coefficient (Wildman–Crippen LogP) is 4.15.